The number of carbonyl (C=O) groups excluding carboxylic acids is 3. The predicted molar refractivity (Wildman–Crippen MR) is 150 cm³/mol. The van der Waals surface area contributed by atoms with Crippen LogP contribution in [-0.4, -0.2) is 56.6 Å². The van der Waals surface area contributed by atoms with Gasteiger partial charge < -0.3 is 14.9 Å². The number of methoxy groups -OCH3 is 1. The number of fused-ring (bicyclic) bond motifs is 1. The van der Waals surface area contributed by atoms with Gasteiger partial charge in [-0.05, 0) is 29.9 Å². The lowest BCUT2D eigenvalue weighted by Crippen LogP contribution is -2.54. The number of benzene rings is 2. The Hall–Kier alpha value is -5.01. The lowest BCUT2D eigenvalue weighted by Gasteiger charge is -2.48. The summed E-state index contributed by atoms with van der Waals surface area (Å²) in [5.41, 5.74) is -11.5. The molecule has 0 heterocycles. The summed E-state index contributed by atoms with van der Waals surface area (Å²) in [4.78, 5) is 88.9. The van der Waals surface area contributed by atoms with Crippen molar-refractivity contribution in [1.29, 1.82) is 0 Å². The molecule has 228 valence electrons. The largest absolute Gasteiger partial charge is 0.481 e. The molecule has 1 aliphatic rings. The van der Waals surface area contributed by atoms with E-state index in [0.29, 0.717) is 0 Å². The lowest BCUT2D eigenvalue weighted by atomic mass is 9.51. The number of rotatable bonds is 7. The third kappa shape index (κ3) is 4.62. The highest BCUT2D eigenvalue weighted by atomic mass is 16.6. The Kier molecular flexibility index (Phi) is 7.83. The standard InChI is InChI=1S/C29H30N2O12/c1-12-17(15-10-14(26(38)43-8)9-13(11-16(32)33)22(15)31(41)42)19(25(36)37)18-20(21(12)30(39)40)24(35)29(23(18)34,27(2,3)4)28(5,6)7/h9-10H,11H2,1-8H3,(H,32,33)(H,36,37). The molecule has 0 bridgehead atoms. The first kappa shape index (κ1) is 32.5. The van der Waals surface area contributed by atoms with Crippen LogP contribution in [0.5, 0.6) is 0 Å². The molecule has 2 N–H and O–H groups in total. The number of hydrogen-bond acceptors (Lipinski definition) is 10. The molecular formula is C29H30N2O12. The molecule has 0 fully saturated rings. The van der Waals surface area contributed by atoms with Crippen LogP contribution < -0.4 is 0 Å². The van der Waals surface area contributed by atoms with Gasteiger partial charge in [0, 0.05) is 16.7 Å². The molecule has 2 aromatic carbocycles. The van der Waals surface area contributed by atoms with Gasteiger partial charge in [-0.3, -0.25) is 34.6 Å². The molecule has 3 rings (SSSR count). The first-order valence-electron chi connectivity index (χ1n) is 12.9. The zero-order valence-corrected chi connectivity index (χ0v) is 24.7. The Bertz CT molecular complexity index is 1660. The van der Waals surface area contributed by atoms with Crippen LogP contribution in [0.15, 0.2) is 12.1 Å². The first-order valence-corrected chi connectivity index (χ1v) is 12.9. The van der Waals surface area contributed by atoms with Crippen molar-refractivity contribution < 1.29 is 48.8 Å². The summed E-state index contributed by atoms with van der Waals surface area (Å²) in [6, 6.07) is 1.74. The van der Waals surface area contributed by atoms with E-state index in [1.807, 2.05) is 0 Å². The lowest BCUT2D eigenvalue weighted by molar-refractivity contribution is -0.385. The number of ether oxygens (including phenoxy) is 1. The van der Waals surface area contributed by atoms with Crippen LogP contribution in [0.25, 0.3) is 11.1 Å². The molecular weight excluding hydrogens is 568 g/mol. The number of nitro benzene ring substituents is 2. The number of Topliss-reactive ketones (excluding diaryl/α,β-unsaturated/α-hetero) is 2. The van der Waals surface area contributed by atoms with Crippen molar-refractivity contribution in [3.63, 3.8) is 0 Å². The van der Waals surface area contributed by atoms with Gasteiger partial charge >= 0.3 is 17.9 Å². The molecule has 0 spiro atoms. The summed E-state index contributed by atoms with van der Waals surface area (Å²) >= 11 is 0. The van der Waals surface area contributed by atoms with E-state index in [4.69, 9.17) is 0 Å². The molecule has 0 amide bonds. The second-order valence-electron chi connectivity index (χ2n) is 12.3. The van der Waals surface area contributed by atoms with E-state index in [1.165, 1.54) is 0 Å². The second kappa shape index (κ2) is 10.4. The Labute approximate surface area is 245 Å². The van der Waals surface area contributed by atoms with E-state index in [9.17, 15) is 54.4 Å². The fourth-order valence-electron chi connectivity index (χ4n) is 6.69. The normalized spacial score (nSPS) is 14.3. The van der Waals surface area contributed by atoms with Crippen LogP contribution in [0.3, 0.4) is 0 Å². The van der Waals surface area contributed by atoms with E-state index >= 15 is 0 Å². The monoisotopic (exact) mass is 598 g/mol. The van der Waals surface area contributed by atoms with Gasteiger partial charge in [-0.25, -0.2) is 9.59 Å². The molecule has 14 nitrogen and oxygen atoms in total. The van der Waals surface area contributed by atoms with Crippen LogP contribution in [0.4, 0.5) is 11.4 Å². The number of aliphatic carboxylic acids is 1. The summed E-state index contributed by atoms with van der Waals surface area (Å²) < 4.78 is 4.69. The van der Waals surface area contributed by atoms with Gasteiger partial charge in [0.25, 0.3) is 11.4 Å². The van der Waals surface area contributed by atoms with Crippen LogP contribution >= 0.6 is 0 Å². The number of carboxylic acid groups (broad SMARTS) is 2. The summed E-state index contributed by atoms with van der Waals surface area (Å²) in [7, 11) is 0.983. The third-order valence-electron chi connectivity index (χ3n) is 7.90. The van der Waals surface area contributed by atoms with Crippen molar-refractivity contribution in [1.82, 2.24) is 0 Å². The Morgan fingerprint density at radius 2 is 1.35 bits per heavy atom. The highest BCUT2D eigenvalue weighted by Crippen LogP contribution is 2.61. The number of ketones is 2. The summed E-state index contributed by atoms with van der Waals surface area (Å²) in [5.74, 6) is -6.40. The van der Waals surface area contributed by atoms with Crippen molar-refractivity contribution in [3.8, 4) is 11.1 Å². The minimum absolute atomic E-state index is 0.417. The molecule has 0 atom stereocenters. The van der Waals surface area contributed by atoms with Crippen LogP contribution in [0, 0.1) is 43.4 Å². The van der Waals surface area contributed by atoms with Gasteiger partial charge in [0.15, 0.2) is 11.6 Å². The zero-order valence-electron chi connectivity index (χ0n) is 24.7. The first-order chi connectivity index (χ1) is 19.6. The smallest absolute Gasteiger partial charge is 0.337 e. The van der Waals surface area contributed by atoms with E-state index in [1.54, 1.807) is 41.5 Å². The number of carboxylic acids is 2. The van der Waals surface area contributed by atoms with Crippen LogP contribution in [-0.2, 0) is 16.0 Å². The highest BCUT2D eigenvalue weighted by molar-refractivity contribution is 6.35. The van der Waals surface area contributed by atoms with Gasteiger partial charge in [-0.15, -0.1) is 0 Å². The number of carbonyl (C=O) groups is 5. The van der Waals surface area contributed by atoms with Crippen molar-refractivity contribution >= 4 is 40.8 Å². The molecule has 0 unspecified atom stereocenters. The summed E-state index contributed by atoms with van der Waals surface area (Å²) in [6.45, 7) is 10.5. The topological polar surface area (TPSA) is 221 Å². The van der Waals surface area contributed by atoms with E-state index in [2.05, 4.69) is 4.74 Å². The molecule has 0 saturated carbocycles. The van der Waals surface area contributed by atoms with Gasteiger partial charge in [-0.1, -0.05) is 41.5 Å². The predicted octanol–water partition coefficient (Wildman–Crippen LogP) is 5.05. The maximum atomic E-state index is 14.5. The van der Waals surface area contributed by atoms with Crippen molar-refractivity contribution in [2.24, 2.45) is 16.2 Å². The minimum atomic E-state index is -1.99. The molecule has 43 heavy (non-hydrogen) atoms. The number of hydrogen-bond donors (Lipinski definition) is 2. The van der Waals surface area contributed by atoms with Crippen molar-refractivity contribution in [2.75, 3.05) is 7.11 Å². The average Bonchev–Trinajstić information content (AvgIpc) is 3.08. The quantitative estimate of drug-likeness (QED) is 0.185. The third-order valence-corrected chi connectivity index (χ3v) is 7.90. The zero-order chi connectivity index (χ0) is 33.1. The summed E-state index contributed by atoms with van der Waals surface area (Å²) in [5, 5.41) is 44.9. The Morgan fingerprint density at radius 1 is 0.860 bits per heavy atom. The number of nitrogens with zero attached hydrogens (tertiary/aromatic N) is 2. The molecule has 14 heteroatoms. The highest BCUT2D eigenvalue weighted by Gasteiger charge is 2.68. The molecule has 0 aromatic heterocycles. The number of esters is 1. The molecule has 2 aromatic rings. The molecule has 0 aliphatic heterocycles. The maximum absolute atomic E-state index is 14.5. The van der Waals surface area contributed by atoms with Crippen molar-refractivity contribution in [3.05, 3.63) is 65.7 Å². The number of aromatic carboxylic acids is 1. The van der Waals surface area contributed by atoms with Gasteiger partial charge in [0.1, 0.15) is 11.0 Å². The van der Waals surface area contributed by atoms with Crippen molar-refractivity contribution in [2.45, 2.75) is 54.9 Å². The SMILES string of the molecule is COC(=O)c1cc(CC(=O)O)c([N+](=O)[O-])c(-c2c(C)c([N+](=O)[O-])c3c(c2C(=O)O)C(=O)C(C(C)(C)C)(C(C)(C)C)C3=O)c1. The maximum Gasteiger partial charge on any atom is 0.337 e. The molecule has 1 aliphatic carbocycles. The summed E-state index contributed by atoms with van der Waals surface area (Å²) in [6.07, 6.45) is -0.989. The van der Waals surface area contributed by atoms with E-state index in [-0.39, 0.29) is 0 Å². The van der Waals surface area contributed by atoms with E-state index in [0.717, 1.165) is 26.2 Å². The fourth-order valence-corrected chi connectivity index (χ4v) is 6.69. The average molecular weight is 599 g/mol. The van der Waals surface area contributed by atoms with Gasteiger partial charge in [0.2, 0.25) is 0 Å². The minimum Gasteiger partial charge on any atom is -0.481 e. The second-order valence-corrected chi connectivity index (χ2v) is 12.3. The number of nitro groups is 2. The molecule has 0 saturated heterocycles. The Balaban J connectivity index is 2.77. The van der Waals surface area contributed by atoms with Crippen LogP contribution in [0.1, 0.15) is 94.1 Å². The van der Waals surface area contributed by atoms with Gasteiger partial charge in [0.05, 0.1) is 45.6 Å². The van der Waals surface area contributed by atoms with E-state index < -0.39 is 118 Å². The fraction of sp³-hybridized carbons (Fsp3) is 0.414. The molecule has 0 radical (unpaired) electrons. The van der Waals surface area contributed by atoms with Crippen LogP contribution in [0.2, 0.25) is 0 Å². The Morgan fingerprint density at radius 3 is 1.74 bits per heavy atom. The van der Waals surface area contributed by atoms with Gasteiger partial charge in [-0.2, -0.15) is 0 Å².